The summed E-state index contributed by atoms with van der Waals surface area (Å²) in [6.45, 7) is 9.36. The fourth-order valence-corrected chi connectivity index (χ4v) is 2.35. The minimum Gasteiger partial charge on any atom is -0.391 e. The Kier molecular flexibility index (Phi) is 6.85. The summed E-state index contributed by atoms with van der Waals surface area (Å²) < 4.78 is 36.4. The molecule has 1 heterocycles. The number of nitrogens with one attached hydrogen (secondary N) is 1. The third-order valence-corrected chi connectivity index (χ3v) is 4.23. The summed E-state index contributed by atoms with van der Waals surface area (Å²) in [5.41, 5.74) is -0.193. The number of carbonyl (C=O) groups excluding carboxylic acids is 1. The molecule has 1 rings (SSSR count). The number of amides is 1. The van der Waals surface area contributed by atoms with Crippen LogP contribution in [-0.4, -0.2) is 78.4 Å². The van der Waals surface area contributed by atoms with Crippen LogP contribution < -0.4 is 5.32 Å². The summed E-state index contributed by atoms with van der Waals surface area (Å²) in [4.78, 5) is 15.8. The lowest BCUT2D eigenvalue weighted by molar-refractivity contribution is -0.141. The maximum Gasteiger partial charge on any atom is 0.405 e. The first-order valence-corrected chi connectivity index (χ1v) is 7.89. The predicted molar refractivity (Wildman–Crippen MR) is 82.0 cm³/mol. The standard InChI is InChI=1S/C15H28F3N3O2/c1-11(13(23)19-10-15(16,17)18)21-7-5-20(6-8-21)9-12(22)14(2,3)4/h11-12,22H,5-10H2,1-4H3,(H,19,23)/t11-,12+/m1/s1. The van der Waals surface area contributed by atoms with Crippen molar-refractivity contribution in [2.45, 2.75) is 46.0 Å². The van der Waals surface area contributed by atoms with Crippen molar-refractivity contribution >= 4 is 5.91 Å². The van der Waals surface area contributed by atoms with Crippen LogP contribution >= 0.6 is 0 Å². The molecule has 0 bridgehead atoms. The van der Waals surface area contributed by atoms with Crippen LogP contribution in [-0.2, 0) is 4.79 Å². The van der Waals surface area contributed by atoms with E-state index in [9.17, 15) is 23.1 Å². The molecule has 0 saturated carbocycles. The molecule has 5 nitrogen and oxygen atoms in total. The van der Waals surface area contributed by atoms with Gasteiger partial charge < -0.3 is 10.4 Å². The van der Waals surface area contributed by atoms with E-state index in [0.29, 0.717) is 32.7 Å². The Balaban J connectivity index is 2.39. The minimum absolute atomic E-state index is 0.193. The van der Waals surface area contributed by atoms with Crippen molar-refractivity contribution in [3.8, 4) is 0 Å². The molecule has 0 aromatic heterocycles. The maximum atomic E-state index is 12.1. The highest BCUT2D eigenvalue weighted by atomic mass is 19.4. The van der Waals surface area contributed by atoms with Gasteiger partial charge in [0.05, 0.1) is 12.1 Å². The van der Waals surface area contributed by atoms with Crippen molar-refractivity contribution in [2.75, 3.05) is 39.3 Å². The van der Waals surface area contributed by atoms with E-state index in [-0.39, 0.29) is 5.41 Å². The van der Waals surface area contributed by atoms with Gasteiger partial charge in [0.15, 0.2) is 0 Å². The van der Waals surface area contributed by atoms with E-state index in [4.69, 9.17) is 0 Å². The zero-order valence-electron chi connectivity index (χ0n) is 14.3. The lowest BCUT2D eigenvalue weighted by Crippen LogP contribution is -2.56. The third-order valence-electron chi connectivity index (χ3n) is 4.23. The number of carbonyl (C=O) groups is 1. The molecule has 1 amide bonds. The molecule has 0 radical (unpaired) electrons. The van der Waals surface area contributed by atoms with Crippen LogP contribution in [0.1, 0.15) is 27.7 Å². The Labute approximate surface area is 135 Å². The topological polar surface area (TPSA) is 55.8 Å². The number of hydrogen-bond acceptors (Lipinski definition) is 4. The summed E-state index contributed by atoms with van der Waals surface area (Å²) in [7, 11) is 0. The summed E-state index contributed by atoms with van der Waals surface area (Å²) in [6, 6.07) is -0.591. The zero-order chi connectivity index (χ0) is 17.8. The number of halogens is 3. The molecule has 2 atom stereocenters. The van der Waals surface area contributed by atoms with Crippen LogP contribution in [0.3, 0.4) is 0 Å². The van der Waals surface area contributed by atoms with E-state index in [1.807, 2.05) is 31.0 Å². The van der Waals surface area contributed by atoms with Gasteiger partial charge in [0, 0.05) is 32.7 Å². The number of nitrogens with zero attached hydrogens (tertiary/aromatic N) is 2. The van der Waals surface area contributed by atoms with Gasteiger partial charge in [-0.3, -0.25) is 14.6 Å². The molecule has 0 spiro atoms. The number of piperazine rings is 1. The Hall–Kier alpha value is -0.860. The van der Waals surface area contributed by atoms with Gasteiger partial charge in [-0.1, -0.05) is 20.8 Å². The number of hydrogen-bond donors (Lipinski definition) is 2. The average molecular weight is 339 g/mol. The van der Waals surface area contributed by atoms with E-state index >= 15 is 0 Å². The molecule has 0 aliphatic carbocycles. The largest absolute Gasteiger partial charge is 0.405 e. The number of aliphatic hydroxyl groups excluding tert-OH is 1. The fourth-order valence-electron chi connectivity index (χ4n) is 2.35. The molecule has 23 heavy (non-hydrogen) atoms. The summed E-state index contributed by atoms with van der Waals surface area (Å²) in [5.74, 6) is -0.606. The number of aliphatic hydroxyl groups is 1. The van der Waals surface area contributed by atoms with Gasteiger partial charge in [-0.15, -0.1) is 0 Å². The molecule has 2 N–H and O–H groups in total. The molecule has 136 valence electrons. The highest BCUT2D eigenvalue weighted by Crippen LogP contribution is 2.20. The molecule has 1 aliphatic rings. The van der Waals surface area contributed by atoms with Crippen molar-refractivity contribution in [3.05, 3.63) is 0 Å². The van der Waals surface area contributed by atoms with E-state index in [2.05, 4.69) is 4.90 Å². The first-order chi connectivity index (χ1) is 10.4. The fraction of sp³-hybridized carbons (Fsp3) is 0.933. The summed E-state index contributed by atoms with van der Waals surface area (Å²) in [6.07, 6.45) is -4.83. The van der Waals surface area contributed by atoms with Crippen molar-refractivity contribution in [1.29, 1.82) is 0 Å². The van der Waals surface area contributed by atoms with Gasteiger partial charge >= 0.3 is 6.18 Å². The monoisotopic (exact) mass is 339 g/mol. The highest BCUT2D eigenvalue weighted by Gasteiger charge is 2.32. The Morgan fingerprint density at radius 1 is 1.17 bits per heavy atom. The molecular weight excluding hydrogens is 311 g/mol. The minimum atomic E-state index is -4.39. The normalized spacial score (nSPS) is 21.0. The Bertz CT molecular complexity index is 388. The quantitative estimate of drug-likeness (QED) is 0.787. The second-order valence-corrected chi connectivity index (χ2v) is 7.23. The molecule has 0 aromatic rings. The van der Waals surface area contributed by atoms with Crippen LogP contribution in [0.25, 0.3) is 0 Å². The van der Waals surface area contributed by atoms with E-state index in [1.54, 1.807) is 6.92 Å². The first kappa shape index (κ1) is 20.2. The molecular formula is C15H28F3N3O2. The lowest BCUT2D eigenvalue weighted by atomic mass is 9.89. The zero-order valence-corrected chi connectivity index (χ0v) is 14.3. The van der Waals surface area contributed by atoms with E-state index < -0.39 is 30.8 Å². The van der Waals surface area contributed by atoms with Gasteiger partial charge in [0.25, 0.3) is 0 Å². The van der Waals surface area contributed by atoms with Crippen LogP contribution in [0.5, 0.6) is 0 Å². The molecule has 0 unspecified atom stereocenters. The van der Waals surface area contributed by atoms with Crippen LogP contribution in [0.15, 0.2) is 0 Å². The SMILES string of the molecule is C[C@H](C(=O)NCC(F)(F)F)N1CCN(C[C@H](O)C(C)(C)C)CC1. The average Bonchev–Trinajstić information content (AvgIpc) is 2.43. The Morgan fingerprint density at radius 2 is 1.70 bits per heavy atom. The van der Waals surface area contributed by atoms with Crippen LogP contribution in [0.4, 0.5) is 13.2 Å². The van der Waals surface area contributed by atoms with Crippen molar-refractivity contribution < 1.29 is 23.1 Å². The van der Waals surface area contributed by atoms with Crippen molar-refractivity contribution in [1.82, 2.24) is 15.1 Å². The predicted octanol–water partition coefficient (Wildman–Crippen LogP) is 1.08. The van der Waals surface area contributed by atoms with Gasteiger partial charge in [0.1, 0.15) is 6.54 Å². The maximum absolute atomic E-state index is 12.1. The van der Waals surface area contributed by atoms with Crippen molar-refractivity contribution in [3.63, 3.8) is 0 Å². The second-order valence-electron chi connectivity index (χ2n) is 7.23. The smallest absolute Gasteiger partial charge is 0.391 e. The first-order valence-electron chi connectivity index (χ1n) is 7.89. The number of rotatable bonds is 5. The molecule has 8 heteroatoms. The molecule has 1 saturated heterocycles. The van der Waals surface area contributed by atoms with E-state index in [1.165, 1.54) is 0 Å². The lowest BCUT2D eigenvalue weighted by Gasteiger charge is -2.39. The van der Waals surface area contributed by atoms with Gasteiger partial charge in [0.2, 0.25) is 5.91 Å². The highest BCUT2D eigenvalue weighted by molar-refractivity contribution is 5.81. The van der Waals surface area contributed by atoms with Crippen LogP contribution in [0.2, 0.25) is 0 Å². The molecule has 1 fully saturated rings. The number of β-amino-alcohol motifs (C(OH)–C–C–N with tert-alkyl or cyclic N) is 1. The molecule has 1 aliphatic heterocycles. The van der Waals surface area contributed by atoms with Gasteiger partial charge in [-0.2, -0.15) is 13.2 Å². The second kappa shape index (κ2) is 7.81. The van der Waals surface area contributed by atoms with Crippen molar-refractivity contribution in [2.24, 2.45) is 5.41 Å². The summed E-state index contributed by atoms with van der Waals surface area (Å²) in [5, 5.41) is 12.0. The van der Waals surface area contributed by atoms with Gasteiger partial charge in [-0.25, -0.2) is 0 Å². The Morgan fingerprint density at radius 3 is 2.13 bits per heavy atom. The van der Waals surface area contributed by atoms with Gasteiger partial charge in [-0.05, 0) is 12.3 Å². The third kappa shape index (κ3) is 7.05. The van der Waals surface area contributed by atoms with Crippen LogP contribution in [0, 0.1) is 5.41 Å². The van der Waals surface area contributed by atoms with E-state index in [0.717, 1.165) is 0 Å². The summed E-state index contributed by atoms with van der Waals surface area (Å²) >= 11 is 0. The number of alkyl halides is 3. The molecule has 0 aromatic carbocycles.